The van der Waals surface area contributed by atoms with E-state index in [1.165, 1.54) is 0 Å². The molecule has 0 fully saturated rings. The number of phenols is 1. The Morgan fingerprint density at radius 2 is 1.76 bits per heavy atom. The summed E-state index contributed by atoms with van der Waals surface area (Å²) >= 11 is 0. The average Bonchev–Trinajstić information content (AvgIpc) is 3.05. The molecule has 3 aromatic carbocycles. The summed E-state index contributed by atoms with van der Waals surface area (Å²) in [4.78, 5) is 13.0. The van der Waals surface area contributed by atoms with Crippen LogP contribution in [-0.2, 0) is 11.2 Å². The number of carbonyl (C=O) groups is 1. The third kappa shape index (κ3) is 3.72. The van der Waals surface area contributed by atoms with Gasteiger partial charge >= 0.3 is 0 Å². The van der Waals surface area contributed by atoms with Gasteiger partial charge in [0.05, 0.1) is 18.2 Å². The van der Waals surface area contributed by atoms with E-state index in [1.807, 2.05) is 67.6 Å². The molecule has 146 valence electrons. The highest BCUT2D eigenvalue weighted by Gasteiger charge is 2.23. The zero-order chi connectivity index (χ0) is 20.4. The van der Waals surface area contributed by atoms with E-state index >= 15 is 0 Å². The van der Waals surface area contributed by atoms with Crippen LogP contribution in [0.4, 0.5) is 0 Å². The Kier molecular flexibility index (Phi) is 5.04. The van der Waals surface area contributed by atoms with Crippen LogP contribution in [0, 0.1) is 13.8 Å². The van der Waals surface area contributed by atoms with Gasteiger partial charge < -0.3 is 14.9 Å². The van der Waals surface area contributed by atoms with Crippen molar-refractivity contribution in [2.45, 2.75) is 26.3 Å². The number of nitrogens with zero attached hydrogens (tertiary/aromatic N) is 1. The number of amides is 1. The molecular formula is C24H22N2O3. The molecule has 0 saturated heterocycles. The summed E-state index contributed by atoms with van der Waals surface area (Å²) < 4.78 is 5.18. The van der Waals surface area contributed by atoms with Crippen molar-refractivity contribution >= 4 is 16.7 Å². The van der Waals surface area contributed by atoms with Crippen LogP contribution in [0.1, 0.15) is 34.2 Å². The van der Waals surface area contributed by atoms with Crippen molar-refractivity contribution in [3.63, 3.8) is 0 Å². The Labute approximate surface area is 169 Å². The predicted octanol–water partition coefficient (Wildman–Crippen LogP) is 4.60. The first-order valence-electron chi connectivity index (χ1n) is 9.51. The molecule has 1 atom stereocenters. The molecule has 0 aliphatic rings. The van der Waals surface area contributed by atoms with Crippen LogP contribution in [0.3, 0.4) is 0 Å². The number of aromatic nitrogens is 1. The van der Waals surface area contributed by atoms with Gasteiger partial charge in [-0.2, -0.15) is 0 Å². The van der Waals surface area contributed by atoms with E-state index in [0.717, 1.165) is 21.9 Å². The molecule has 0 aliphatic heterocycles. The van der Waals surface area contributed by atoms with Crippen LogP contribution in [0.5, 0.6) is 5.75 Å². The van der Waals surface area contributed by atoms with Crippen molar-refractivity contribution in [1.82, 2.24) is 10.5 Å². The Morgan fingerprint density at radius 1 is 1.03 bits per heavy atom. The second-order valence-electron chi connectivity index (χ2n) is 7.11. The van der Waals surface area contributed by atoms with Crippen molar-refractivity contribution < 1.29 is 14.4 Å². The van der Waals surface area contributed by atoms with Gasteiger partial charge in [-0.3, -0.25) is 4.79 Å². The van der Waals surface area contributed by atoms with Crippen LogP contribution < -0.4 is 5.32 Å². The molecular weight excluding hydrogens is 364 g/mol. The van der Waals surface area contributed by atoms with E-state index in [2.05, 4.69) is 10.5 Å². The molecule has 0 bridgehead atoms. The Hall–Kier alpha value is -3.60. The quantitative estimate of drug-likeness (QED) is 0.526. The lowest BCUT2D eigenvalue weighted by Crippen LogP contribution is -2.31. The maximum atomic E-state index is 13.0. The fourth-order valence-electron chi connectivity index (χ4n) is 3.68. The number of phenolic OH excluding ortho intramolecular Hbond substituents is 1. The van der Waals surface area contributed by atoms with Crippen LogP contribution in [-0.4, -0.2) is 16.2 Å². The summed E-state index contributed by atoms with van der Waals surface area (Å²) in [5.41, 5.74) is 3.08. The van der Waals surface area contributed by atoms with Gasteiger partial charge in [0, 0.05) is 11.1 Å². The minimum absolute atomic E-state index is 0.148. The minimum Gasteiger partial charge on any atom is -0.508 e. The molecule has 0 spiro atoms. The number of benzene rings is 3. The Balaban J connectivity index is 1.76. The highest BCUT2D eigenvalue weighted by atomic mass is 16.5. The fourth-order valence-corrected chi connectivity index (χ4v) is 3.68. The van der Waals surface area contributed by atoms with Crippen molar-refractivity contribution in [1.29, 1.82) is 0 Å². The minimum atomic E-state index is -0.490. The fraction of sp³-hybridized carbons (Fsp3) is 0.167. The van der Waals surface area contributed by atoms with Gasteiger partial charge in [-0.05, 0) is 36.2 Å². The van der Waals surface area contributed by atoms with Crippen LogP contribution in [0.15, 0.2) is 71.3 Å². The lowest BCUT2D eigenvalue weighted by Gasteiger charge is -2.22. The monoisotopic (exact) mass is 386 g/mol. The van der Waals surface area contributed by atoms with E-state index in [4.69, 9.17) is 4.52 Å². The zero-order valence-electron chi connectivity index (χ0n) is 16.3. The number of nitrogens with one attached hydrogen (secondary N) is 1. The smallest absolute Gasteiger partial charge is 0.225 e. The third-order valence-electron chi connectivity index (χ3n) is 5.19. The van der Waals surface area contributed by atoms with Gasteiger partial charge in [0.1, 0.15) is 11.5 Å². The normalized spacial score (nSPS) is 12.1. The summed E-state index contributed by atoms with van der Waals surface area (Å²) in [7, 11) is 0. The summed E-state index contributed by atoms with van der Waals surface area (Å²) in [6.07, 6.45) is 0.163. The number of rotatable bonds is 5. The molecule has 1 heterocycles. The molecule has 0 radical (unpaired) electrons. The van der Waals surface area contributed by atoms with Crippen LogP contribution in [0.2, 0.25) is 0 Å². The molecule has 29 heavy (non-hydrogen) atoms. The van der Waals surface area contributed by atoms with Crippen molar-refractivity contribution in [2.24, 2.45) is 0 Å². The van der Waals surface area contributed by atoms with Crippen LogP contribution in [0.25, 0.3) is 10.8 Å². The van der Waals surface area contributed by atoms with E-state index in [9.17, 15) is 9.90 Å². The predicted molar refractivity (Wildman–Crippen MR) is 112 cm³/mol. The maximum Gasteiger partial charge on any atom is 0.225 e. The second kappa shape index (κ2) is 7.80. The van der Waals surface area contributed by atoms with Crippen molar-refractivity contribution in [3.05, 3.63) is 94.9 Å². The van der Waals surface area contributed by atoms with E-state index < -0.39 is 6.04 Å². The number of aromatic hydroxyl groups is 1. The second-order valence-corrected chi connectivity index (χ2v) is 7.11. The number of hydrogen-bond donors (Lipinski definition) is 2. The molecule has 4 rings (SSSR count). The Morgan fingerprint density at radius 3 is 2.48 bits per heavy atom. The first-order valence-corrected chi connectivity index (χ1v) is 9.51. The highest BCUT2D eigenvalue weighted by Crippen LogP contribution is 2.35. The number of aryl methyl sites for hydroxylation is 2. The van der Waals surface area contributed by atoms with Gasteiger partial charge in [0.2, 0.25) is 5.91 Å². The van der Waals surface area contributed by atoms with E-state index in [1.54, 1.807) is 13.0 Å². The average molecular weight is 386 g/mol. The largest absolute Gasteiger partial charge is 0.508 e. The molecule has 0 saturated carbocycles. The lowest BCUT2D eigenvalue weighted by atomic mass is 9.92. The molecule has 0 aliphatic carbocycles. The Bertz CT molecular complexity index is 1150. The SMILES string of the molecule is Cc1noc(C)c1CC(=O)N[C@H](c1ccccc1)c1c(O)ccc2ccccc12. The van der Waals surface area contributed by atoms with Gasteiger partial charge in [-0.25, -0.2) is 0 Å². The first kappa shape index (κ1) is 18.7. The molecule has 2 N–H and O–H groups in total. The van der Waals surface area contributed by atoms with Crippen molar-refractivity contribution in [3.8, 4) is 5.75 Å². The summed E-state index contributed by atoms with van der Waals surface area (Å²) in [5, 5.41) is 19.7. The zero-order valence-corrected chi connectivity index (χ0v) is 16.3. The van der Waals surface area contributed by atoms with E-state index in [-0.39, 0.29) is 18.1 Å². The molecule has 0 unspecified atom stereocenters. The molecule has 1 aromatic heterocycles. The first-order chi connectivity index (χ1) is 14.0. The summed E-state index contributed by atoms with van der Waals surface area (Å²) in [5.74, 6) is 0.623. The number of hydrogen-bond acceptors (Lipinski definition) is 4. The van der Waals surface area contributed by atoms with Gasteiger partial charge in [-0.15, -0.1) is 0 Å². The van der Waals surface area contributed by atoms with Gasteiger partial charge in [0.25, 0.3) is 0 Å². The van der Waals surface area contributed by atoms with E-state index in [0.29, 0.717) is 17.0 Å². The van der Waals surface area contributed by atoms with Crippen LogP contribution >= 0.6 is 0 Å². The third-order valence-corrected chi connectivity index (χ3v) is 5.19. The number of carbonyl (C=O) groups excluding carboxylic acids is 1. The summed E-state index contributed by atoms with van der Waals surface area (Å²) in [6.45, 7) is 3.62. The highest BCUT2D eigenvalue weighted by molar-refractivity contribution is 5.89. The van der Waals surface area contributed by atoms with Crippen molar-refractivity contribution in [2.75, 3.05) is 0 Å². The molecule has 5 nitrogen and oxygen atoms in total. The molecule has 1 amide bonds. The lowest BCUT2D eigenvalue weighted by molar-refractivity contribution is -0.121. The molecule has 4 aromatic rings. The van der Waals surface area contributed by atoms with Gasteiger partial charge in [0.15, 0.2) is 0 Å². The molecule has 5 heteroatoms. The topological polar surface area (TPSA) is 75.4 Å². The standard InChI is InChI=1S/C24H22N2O3/c1-15-20(16(2)29-26-15)14-22(28)25-24(18-9-4-3-5-10-18)23-19-11-7-6-8-17(19)12-13-21(23)27/h3-13,24,27H,14H2,1-2H3,(H,25,28)/t24-/m1/s1. The maximum absolute atomic E-state index is 13.0. The summed E-state index contributed by atoms with van der Waals surface area (Å²) in [6, 6.07) is 20.6. The number of fused-ring (bicyclic) bond motifs is 1. The van der Waals surface area contributed by atoms with Gasteiger partial charge in [-0.1, -0.05) is 65.8 Å².